The number of aromatic nitrogens is 3. The molecule has 0 aliphatic rings. The molecule has 22 heavy (non-hydrogen) atoms. The fourth-order valence-corrected chi connectivity index (χ4v) is 2.78. The lowest BCUT2D eigenvalue weighted by Crippen LogP contribution is -2.14. The Labute approximate surface area is 135 Å². The summed E-state index contributed by atoms with van der Waals surface area (Å²) in [6.07, 6.45) is 1.73. The number of benzene rings is 1. The van der Waals surface area contributed by atoms with Gasteiger partial charge in [-0.1, -0.05) is 29.4 Å². The van der Waals surface area contributed by atoms with Gasteiger partial charge in [0.1, 0.15) is 0 Å². The average Bonchev–Trinajstić information content (AvgIpc) is 2.87. The number of carbonyl (C=O) groups is 1. The third kappa shape index (κ3) is 3.32. The summed E-state index contributed by atoms with van der Waals surface area (Å²) in [7, 11) is 0. The number of fused-ring (bicyclic) bond motifs is 1. The third-order valence-electron chi connectivity index (χ3n) is 2.83. The SMILES string of the molecule is Nc1ccc2nnc(SCC(=O)Nc3cccc(Cl)c3)n2c1. The van der Waals surface area contributed by atoms with Gasteiger partial charge in [-0.3, -0.25) is 9.20 Å². The second kappa shape index (κ2) is 6.25. The van der Waals surface area contributed by atoms with Crippen molar-refractivity contribution in [2.75, 3.05) is 16.8 Å². The van der Waals surface area contributed by atoms with Crippen molar-refractivity contribution in [3.05, 3.63) is 47.6 Å². The third-order valence-corrected chi connectivity index (χ3v) is 4.01. The fraction of sp³-hybridized carbons (Fsp3) is 0.0714. The topological polar surface area (TPSA) is 85.3 Å². The van der Waals surface area contributed by atoms with Crippen LogP contribution in [0.15, 0.2) is 47.8 Å². The Balaban J connectivity index is 1.66. The Bertz CT molecular complexity index is 835. The molecule has 1 amide bonds. The second-order valence-electron chi connectivity index (χ2n) is 4.52. The first-order valence-corrected chi connectivity index (χ1v) is 7.77. The summed E-state index contributed by atoms with van der Waals surface area (Å²) in [6.45, 7) is 0. The van der Waals surface area contributed by atoms with E-state index < -0.39 is 0 Å². The van der Waals surface area contributed by atoms with E-state index in [0.29, 0.717) is 27.2 Å². The zero-order valence-electron chi connectivity index (χ0n) is 11.4. The van der Waals surface area contributed by atoms with Gasteiger partial charge in [-0.25, -0.2) is 0 Å². The number of thioether (sulfide) groups is 1. The molecule has 0 saturated heterocycles. The minimum Gasteiger partial charge on any atom is -0.398 e. The highest BCUT2D eigenvalue weighted by Crippen LogP contribution is 2.19. The molecule has 1 aromatic carbocycles. The van der Waals surface area contributed by atoms with Gasteiger partial charge < -0.3 is 11.1 Å². The standard InChI is InChI=1S/C14H12ClN5OS/c15-9-2-1-3-11(6-9)17-13(21)8-22-14-19-18-12-5-4-10(16)7-20(12)14/h1-7H,8,16H2,(H,17,21). The molecule has 0 aliphatic carbocycles. The first-order valence-electron chi connectivity index (χ1n) is 6.40. The van der Waals surface area contributed by atoms with Gasteiger partial charge in [0.05, 0.1) is 5.75 Å². The molecule has 8 heteroatoms. The first kappa shape index (κ1) is 14.7. The maximum atomic E-state index is 12.0. The van der Waals surface area contributed by atoms with Crippen LogP contribution in [0.4, 0.5) is 11.4 Å². The van der Waals surface area contributed by atoms with E-state index >= 15 is 0 Å². The summed E-state index contributed by atoms with van der Waals surface area (Å²) < 4.78 is 1.76. The summed E-state index contributed by atoms with van der Waals surface area (Å²) in [6, 6.07) is 10.5. The lowest BCUT2D eigenvalue weighted by molar-refractivity contribution is -0.113. The van der Waals surface area contributed by atoms with Crippen LogP contribution in [0.2, 0.25) is 5.02 Å². The summed E-state index contributed by atoms with van der Waals surface area (Å²) in [4.78, 5) is 12.0. The van der Waals surface area contributed by atoms with E-state index in [1.165, 1.54) is 11.8 Å². The van der Waals surface area contributed by atoms with Gasteiger partial charge in [0.2, 0.25) is 5.91 Å². The van der Waals surface area contributed by atoms with E-state index in [2.05, 4.69) is 15.5 Å². The van der Waals surface area contributed by atoms with Gasteiger partial charge in [-0.15, -0.1) is 10.2 Å². The van der Waals surface area contributed by atoms with Crippen molar-refractivity contribution in [2.24, 2.45) is 0 Å². The maximum Gasteiger partial charge on any atom is 0.234 e. The van der Waals surface area contributed by atoms with E-state index in [0.717, 1.165) is 0 Å². The highest BCUT2D eigenvalue weighted by Gasteiger charge is 2.09. The van der Waals surface area contributed by atoms with E-state index in [-0.39, 0.29) is 11.7 Å². The quantitative estimate of drug-likeness (QED) is 0.717. The molecule has 3 aromatic rings. The van der Waals surface area contributed by atoms with Crippen LogP contribution >= 0.6 is 23.4 Å². The minimum absolute atomic E-state index is 0.145. The largest absolute Gasteiger partial charge is 0.398 e. The monoisotopic (exact) mass is 333 g/mol. The fourth-order valence-electron chi connectivity index (χ4n) is 1.88. The maximum absolute atomic E-state index is 12.0. The molecule has 0 bridgehead atoms. The molecular weight excluding hydrogens is 322 g/mol. The number of amides is 1. The molecule has 0 aliphatic heterocycles. The number of hydrogen-bond donors (Lipinski definition) is 2. The normalized spacial score (nSPS) is 10.8. The number of nitrogens with two attached hydrogens (primary N) is 1. The van der Waals surface area contributed by atoms with Crippen molar-refractivity contribution >= 4 is 46.3 Å². The van der Waals surface area contributed by atoms with Crippen molar-refractivity contribution in [3.63, 3.8) is 0 Å². The van der Waals surface area contributed by atoms with Crippen molar-refractivity contribution in [1.82, 2.24) is 14.6 Å². The molecule has 0 unspecified atom stereocenters. The van der Waals surface area contributed by atoms with E-state index in [1.54, 1.807) is 47.0 Å². The van der Waals surface area contributed by atoms with Crippen molar-refractivity contribution < 1.29 is 4.79 Å². The highest BCUT2D eigenvalue weighted by atomic mass is 35.5. The van der Waals surface area contributed by atoms with Gasteiger partial charge in [-0.2, -0.15) is 0 Å². The molecule has 0 saturated carbocycles. The van der Waals surface area contributed by atoms with Gasteiger partial charge in [0.25, 0.3) is 0 Å². The molecule has 3 N–H and O–H groups in total. The summed E-state index contributed by atoms with van der Waals surface area (Å²) in [5.74, 6) is 0.0650. The van der Waals surface area contributed by atoms with Crippen molar-refractivity contribution in [2.45, 2.75) is 5.16 Å². The van der Waals surface area contributed by atoms with Gasteiger partial charge >= 0.3 is 0 Å². The Morgan fingerprint density at radius 1 is 1.32 bits per heavy atom. The lowest BCUT2D eigenvalue weighted by Gasteiger charge is -2.05. The summed E-state index contributed by atoms with van der Waals surface area (Å²) in [5, 5.41) is 12.0. The number of pyridine rings is 1. The summed E-state index contributed by atoms with van der Waals surface area (Å²) >= 11 is 7.16. The van der Waals surface area contributed by atoms with E-state index in [4.69, 9.17) is 17.3 Å². The number of hydrogen-bond acceptors (Lipinski definition) is 5. The Kier molecular flexibility index (Phi) is 4.17. The van der Waals surface area contributed by atoms with Gasteiger partial charge in [-0.05, 0) is 30.3 Å². The molecule has 0 fully saturated rings. The van der Waals surface area contributed by atoms with Crippen LogP contribution in [0.3, 0.4) is 0 Å². The molecule has 0 spiro atoms. The number of carbonyl (C=O) groups excluding carboxylic acids is 1. The molecule has 112 valence electrons. The highest BCUT2D eigenvalue weighted by molar-refractivity contribution is 7.99. The molecule has 6 nitrogen and oxygen atoms in total. The molecular formula is C14H12ClN5OS. The molecule has 2 heterocycles. The number of nitrogen functional groups attached to an aromatic ring is 1. The van der Waals surface area contributed by atoms with Crippen LogP contribution in [0.5, 0.6) is 0 Å². The van der Waals surface area contributed by atoms with Gasteiger partial charge in [0.15, 0.2) is 10.8 Å². The van der Waals surface area contributed by atoms with Gasteiger partial charge in [0, 0.05) is 22.6 Å². The lowest BCUT2D eigenvalue weighted by atomic mass is 10.3. The number of nitrogens with zero attached hydrogens (tertiary/aromatic N) is 3. The second-order valence-corrected chi connectivity index (χ2v) is 5.90. The predicted molar refractivity (Wildman–Crippen MR) is 88.2 cm³/mol. The zero-order valence-corrected chi connectivity index (χ0v) is 12.9. The van der Waals surface area contributed by atoms with Crippen LogP contribution in [0, 0.1) is 0 Å². The van der Waals surface area contributed by atoms with Crippen molar-refractivity contribution in [3.8, 4) is 0 Å². The molecule has 2 aromatic heterocycles. The van der Waals surface area contributed by atoms with Crippen LogP contribution in [0.1, 0.15) is 0 Å². The first-order chi connectivity index (χ1) is 10.6. The molecule has 3 rings (SSSR count). The van der Waals surface area contributed by atoms with Crippen LogP contribution < -0.4 is 11.1 Å². The number of nitrogens with one attached hydrogen (secondary N) is 1. The van der Waals surface area contributed by atoms with Crippen LogP contribution in [-0.4, -0.2) is 26.3 Å². The number of rotatable bonds is 4. The van der Waals surface area contributed by atoms with E-state index in [9.17, 15) is 4.79 Å². The van der Waals surface area contributed by atoms with Crippen LogP contribution in [-0.2, 0) is 4.79 Å². The minimum atomic E-state index is -0.145. The van der Waals surface area contributed by atoms with E-state index in [1.807, 2.05) is 0 Å². The average molecular weight is 334 g/mol. The van der Waals surface area contributed by atoms with Crippen molar-refractivity contribution in [1.29, 1.82) is 0 Å². The number of anilines is 2. The zero-order chi connectivity index (χ0) is 15.5. The van der Waals surface area contributed by atoms with Crippen LogP contribution in [0.25, 0.3) is 5.65 Å². The molecule has 0 atom stereocenters. The predicted octanol–water partition coefficient (Wildman–Crippen LogP) is 2.70. The Morgan fingerprint density at radius 3 is 3.00 bits per heavy atom. The Morgan fingerprint density at radius 2 is 2.18 bits per heavy atom. The summed E-state index contributed by atoms with van der Waals surface area (Å²) in [5.41, 5.74) is 7.70. The molecule has 0 radical (unpaired) electrons. The smallest absolute Gasteiger partial charge is 0.234 e. The number of halogens is 1. The Hall–Kier alpha value is -2.25.